The highest BCUT2D eigenvalue weighted by Crippen LogP contribution is 2.14. The van der Waals surface area contributed by atoms with Gasteiger partial charge in [0.2, 0.25) is 10.0 Å². The minimum atomic E-state index is -3.07. The van der Waals surface area contributed by atoms with Crippen LogP contribution in [0.15, 0.2) is 18.3 Å². The zero-order chi connectivity index (χ0) is 14.6. The van der Waals surface area contributed by atoms with E-state index in [1.165, 1.54) is 10.6 Å². The normalized spacial score (nSPS) is 17.8. The summed E-state index contributed by atoms with van der Waals surface area (Å²) in [7, 11) is -3.07. The summed E-state index contributed by atoms with van der Waals surface area (Å²) in [6.45, 7) is 1.68. The van der Waals surface area contributed by atoms with E-state index in [1.54, 1.807) is 6.20 Å². The fourth-order valence-electron chi connectivity index (χ4n) is 2.33. The minimum Gasteiger partial charge on any atom is -0.310 e. The van der Waals surface area contributed by atoms with E-state index in [0.29, 0.717) is 25.3 Å². The van der Waals surface area contributed by atoms with Crippen LogP contribution in [-0.4, -0.2) is 43.1 Å². The number of rotatable bonds is 4. The lowest BCUT2D eigenvalue weighted by Gasteiger charge is -2.30. The standard InChI is InChI=1S/C13H18N4O2S/c1-20(18,19)17-7-4-12(5-8-17)16-10-11-3-2-6-15-13(11)9-14/h2-3,6,12,16H,4-5,7-8,10H2,1H3. The highest BCUT2D eigenvalue weighted by molar-refractivity contribution is 7.88. The van der Waals surface area contributed by atoms with Gasteiger partial charge in [-0.05, 0) is 18.9 Å². The number of hydrogen-bond donors (Lipinski definition) is 1. The van der Waals surface area contributed by atoms with Gasteiger partial charge in [0.15, 0.2) is 0 Å². The van der Waals surface area contributed by atoms with Crippen LogP contribution < -0.4 is 5.32 Å². The second-order valence-corrected chi connectivity index (χ2v) is 6.92. The molecule has 6 nitrogen and oxygen atoms in total. The van der Waals surface area contributed by atoms with Crippen molar-refractivity contribution in [3.8, 4) is 6.07 Å². The van der Waals surface area contributed by atoms with Crippen molar-refractivity contribution in [1.82, 2.24) is 14.6 Å². The summed E-state index contributed by atoms with van der Waals surface area (Å²) < 4.78 is 24.3. The van der Waals surface area contributed by atoms with Gasteiger partial charge < -0.3 is 5.32 Å². The van der Waals surface area contributed by atoms with Crippen molar-refractivity contribution in [3.63, 3.8) is 0 Å². The van der Waals surface area contributed by atoms with Gasteiger partial charge in [0.25, 0.3) is 0 Å². The first-order valence-electron chi connectivity index (χ1n) is 6.53. The topological polar surface area (TPSA) is 86.1 Å². The van der Waals surface area contributed by atoms with E-state index < -0.39 is 10.0 Å². The van der Waals surface area contributed by atoms with Crippen LogP contribution >= 0.6 is 0 Å². The molecule has 0 aliphatic carbocycles. The Kier molecular flexibility index (Phi) is 4.70. The molecule has 0 radical (unpaired) electrons. The minimum absolute atomic E-state index is 0.278. The Labute approximate surface area is 119 Å². The van der Waals surface area contributed by atoms with Crippen LogP contribution in [0.5, 0.6) is 0 Å². The van der Waals surface area contributed by atoms with E-state index in [9.17, 15) is 8.42 Å². The van der Waals surface area contributed by atoms with E-state index in [2.05, 4.69) is 16.4 Å². The van der Waals surface area contributed by atoms with Crippen molar-refractivity contribution in [2.24, 2.45) is 0 Å². The molecule has 1 aliphatic heterocycles. The van der Waals surface area contributed by atoms with Crippen LogP contribution in [0.25, 0.3) is 0 Å². The Morgan fingerprint density at radius 2 is 2.20 bits per heavy atom. The number of sulfonamides is 1. The van der Waals surface area contributed by atoms with Crippen molar-refractivity contribution < 1.29 is 8.42 Å². The van der Waals surface area contributed by atoms with Gasteiger partial charge in [-0.2, -0.15) is 5.26 Å². The first-order valence-corrected chi connectivity index (χ1v) is 8.38. The SMILES string of the molecule is CS(=O)(=O)N1CCC(NCc2cccnc2C#N)CC1. The maximum Gasteiger partial charge on any atom is 0.211 e. The number of hydrogen-bond acceptors (Lipinski definition) is 5. The first-order chi connectivity index (χ1) is 9.50. The predicted molar refractivity (Wildman–Crippen MR) is 75.2 cm³/mol. The van der Waals surface area contributed by atoms with Gasteiger partial charge >= 0.3 is 0 Å². The molecule has 1 aliphatic rings. The summed E-state index contributed by atoms with van der Waals surface area (Å²) in [5, 5.41) is 12.3. The largest absolute Gasteiger partial charge is 0.310 e. The average Bonchev–Trinajstić information content (AvgIpc) is 2.45. The molecular weight excluding hydrogens is 276 g/mol. The molecule has 108 valence electrons. The second kappa shape index (κ2) is 6.31. The third-order valence-electron chi connectivity index (χ3n) is 3.50. The molecule has 7 heteroatoms. The van der Waals surface area contributed by atoms with Crippen LogP contribution in [-0.2, 0) is 16.6 Å². The number of nitriles is 1. The Bertz CT molecular complexity index is 601. The summed E-state index contributed by atoms with van der Waals surface area (Å²) in [6, 6.07) is 6.04. The summed E-state index contributed by atoms with van der Waals surface area (Å²) in [5.41, 5.74) is 1.31. The molecule has 2 rings (SSSR count). The van der Waals surface area contributed by atoms with E-state index in [-0.39, 0.29) is 6.04 Å². The Balaban J connectivity index is 1.87. The molecule has 0 saturated carbocycles. The zero-order valence-corrected chi connectivity index (χ0v) is 12.2. The number of piperidine rings is 1. The highest BCUT2D eigenvalue weighted by atomic mass is 32.2. The van der Waals surface area contributed by atoms with Crippen LogP contribution in [0.4, 0.5) is 0 Å². The lowest BCUT2D eigenvalue weighted by atomic mass is 10.1. The first kappa shape index (κ1) is 14.9. The fraction of sp³-hybridized carbons (Fsp3) is 0.538. The van der Waals surface area contributed by atoms with Crippen molar-refractivity contribution >= 4 is 10.0 Å². The molecule has 2 heterocycles. The predicted octanol–water partition coefficient (Wildman–Crippen LogP) is 0.467. The molecule has 1 fully saturated rings. The monoisotopic (exact) mass is 294 g/mol. The highest BCUT2D eigenvalue weighted by Gasteiger charge is 2.24. The van der Waals surface area contributed by atoms with Crippen molar-refractivity contribution in [3.05, 3.63) is 29.6 Å². The van der Waals surface area contributed by atoms with Gasteiger partial charge in [-0.1, -0.05) is 6.07 Å². The van der Waals surface area contributed by atoms with E-state index in [1.807, 2.05) is 12.1 Å². The third-order valence-corrected chi connectivity index (χ3v) is 4.80. The molecule has 1 aromatic rings. The average molecular weight is 294 g/mol. The molecule has 0 aromatic carbocycles. The summed E-state index contributed by atoms with van der Waals surface area (Å²) in [6.07, 6.45) is 4.42. The van der Waals surface area contributed by atoms with Crippen molar-refractivity contribution in [2.45, 2.75) is 25.4 Å². The molecule has 1 aromatic heterocycles. The van der Waals surface area contributed by atoms with Gasteiger partial charge in [0, 0.05) is 37.4 Å². The Morgan fingerprint density at radius 3 is 2.80 bits per heavy atom. The molecule has 20 heavy (non-hydrogen) atoms. The van der Waals surface area contributed by atoms with E-state index >= 15 is 0 Å². The molecule has 0 atom stereocenters. The molecule has 1 saturated heterocycles. The smallest absolute Gasteiger partial charge is 0.211 e. The molecule has 0 unspecified atom stereocenters. The van der Waals surface area contributed by atoms with Gasteiger partial charge in [0.1, 0.15) is 11.8 Å². The molecule has 0 bridgehead atoms. The van der Waals surface area contributed by atoms with E-state index in [4.69, 9.17) is 5.26 Å². The van der Waals surface area contributed by atoms with E-state index in [0.717, 1.165) is 18.4 Å². The van der Waals surface area contributed by atoms with Crippen molar-refractivity contribution in [2.75, 3.05) is 19.3 Å². The van der Waals surface area contributed by atoms with Crippen LogP contribution in [0.1, 0.15) is 24.1 Å². The van der Waals surface area contributed by atoms with Gasteiger partial charge in [-0.15, -0.1) is 0 Å². The second-order valence-electron chi connectivity index (χ2n) is 4.94. The summed E-state index contributed by atoms with van der Waals surface area (Å²) in [5.74, 6) is 0. The van der Waals surface area contributed by atoms with Gasteiger partial charge in [-0.25, -0.2) is 17.7 Å². The third kappa shape index (κ3) is 3.76. The maximum atomic E-state index is 11.4. The number of nitrogens with one attached hydrogen (secondary N) is 1. The molecule has 1 N–H and O–H groups in total. The molecule has 0 amide bonds. The molecular formula is C13H18N4O2S. The van der Waals surface area contributed by atoms with Crippen LogP contribution in [0.2, 0.25) is 0 Å². The van der Waals surface area contributed by atoms with Gasteiger partial charge in [-0.3, -0.25) is 0 Å². The number of nitrogens with zero attached hydrogens (tertiary/aromatic N) is 3. The zero-order valence-electron chi connectivity index (χ0n) is 11.4. The Hall–Kier alpha value is -1.49. The molecule has 0 spiro atoms. The summed E-state index contributed by atoms with van der Waals surface area (Å²) >= 11 is 0. The van der Waals surface area contributed by atoms with Crippen molar-refractivity contribution in [1.29, 1.82) is 5.26 Å². The number of aromatic nitrogens is 1. The quantitative estimate of drug-likeness (QED) is 0.872. The number of pyridine rings is 1. The fourth-order valence-corrected chi connectivity index (χ4v) is 3.20. The maximum absolute atomic E-state index is 11.4. The Morgan fingerprint density at radius 1 is 1.50 bits per heavy atom. The van der Waals surface area contributed by atoms with Crippen LogP contribution in [0, 0.1) is 11.3 Å². The lowest BCUT2D eigenvalue weighted by Crippen LogP contribution is -2.44. The van der Waals surface area contributed by atoms with Crippen LogP contribution in [0.3, 0.4) is 0 Å². The lowest BCUT2D eigenvalue weighted by molar-refractivity contribution is 0.290. The summed E-state index contributed by atoms with van der Waals surface area (Å²) in [4.78, 5) is 4.02. The van der Waals surface area contributed by atoms with Gasteiger partial charge in [0.05, 0.1) is 6.26 Å².